The van der Waals surface area contributed by atoms with E-state index in [0.717, 1.165) is 12.8 Å². The second kappa shape index (κ2) is 6.48. The van der Waals surface area contributed by atoms with E-state index < -0.39 is 0 Å². The number of hydrogen-bond donors (Lipinski definition) is 1. The van der Waals surface area contributed by atoms with Crippen LogP contribution < -0.4 is 10.1 Å². The molecule has 1 atom stereocenters. The highest BCUT2D eigenvalue weighted by Crippen LogP contribution is 2.12. The van der Waals surface area contributed by atoms with Crippen LogP contribution in [0.5, 0.6) is 6.01 Å². The normalized spacial score (nSPS) is 12.2. The van der Waals surface area contributed by atoms with Gasteiger partial charge in [0, 0.05) is 6.04 Å². The Labute approximate surface area is 101 Å². The maximum Gasteiger partial charge on any atom is 0.322 e. The van der Waals surface area contributed by atoms with Crippen molar-refractivity contribution in [1.82, 2.24) is 15.0 Å². The van der Waals surface area contributed by atoms with Crippen molar-refractivity contribution in [3.05, 3.63) is 5.28 Å². The van der Waals surface area contributed by atoms with Crippen LogP contribution in [0, 0.1) is 0 Å². The van der Waals surface area contributed by atoms with Gasteiger partial charge in [-0.25, -0.2) is 0 Å². The molecule has 90 valence electrons. The third-order valence-corrected chi connectivity index (χ3v) is 2.13. The van der Waals surface area contributed by atoms with Crippen LogP contribution in [0.25, 0.3) is 0 Å². The zero-order chi connectivity index (χ0) is 12.0. The fourth-order valence-corrected chi connectivity index (χ4v) is 1.47. The summed E-state index contributed by atoms with van der Waals surface area (Å²) in [6.45, 7) is 6.57. The second-order valence-electron chi connectivity index (χ2n) is 3.48. The number of halogens is 1. The number of nitrogens with zero attached hydrogens (tertiary/aromatic N) is 3. The van der Waals surface area contributed by atoms with E-state index in [0.29, 0.717) is 18.6 Å². The SMILES string of the molecule is CCCC(C)Nc1nc(Cl)nc(OCC)n1. The Morgan fingerprint density at radius 3 is 2.69 bits per heavy atom. The van der Waals surface area contributed by atoms with Crippen LogP contribution in [0.3, 0.4) is 0 Å². The molecule has 0 spiro atoms. The van der Waals surface area contributed by atoms with E-state index in [9.17, 15) is 0 Å². The summed E-state index contributed by atoms with van der Waals surface area (Å²) in [6, 6.07) is 0.562. The molecule has 1 aromatic heterocycles. The summed E-state index contributed by atoms with van der Waals surface area (Å²) in [5.74, 6) is 0.462. The van der Waals surface area contributed by atoms with Crippen LogP contribution in [-0.2, 0) is 0 Å². The van der Waals surface area contributed by atoms with E-state index in [1.54, 1.807) is 0 Å². The fraction of sp³-hybridized carbons (Fsp3) is 0.700. The summed E-state index contributed by atoms with van der Waals surface area (Å²) in [4.78, 5) is 12.0. The van der Waals surface area contributed by atoms with Crippen LogP contribution in [0.2, 0.25) is 5.28 Å². The van der Waals surface area contributed by atoms with Gasteiger partial charge in [0.1, 0.15) is 0 Å². The van der Waals surface area contributed by atoms with Crippen LogP contribution in [0.15, 0.2) is 0 Å². The Kier molecular flexibility index (Phi) is 5.25. The molecule has 1 rings (SSSR count). The molecule has 0 saturated heterocycles. The molecule has 1 aromatic rings. The number of anilines is 1. The summed E-state index contributed by atoms with van der Waals surface area (Å²) in [5, 5.41) is 3.30. The summed E-state index contributed by atoms with van der Waals surface area (Å²) in [6.07, 6.45) is 2.15. The van der Waals surface area contributed by atoms with E-state index in [-0.39, 0.29) is 11.3 Å². The summed E-state index contributed by atoms with van der Waals surface area (Å²) in [7, 11) is 0. The minimum atomic E-state index is 0.143. The second-order valence-corrected chi connectivity index (χ2v) is 3.82. The molecule has 0 aliphatic carbocycles. The molecule has 0 aliphatic rings. The predicted molar refractivity (Wildman–Crippen MR) is 64.0 cm³/mol. The third kappa shape index (κ3) is 4.18. The maximum atomic E-state index is 5.76. The zero-order valence-electron chi connectivity index (χ0n) is 9.83. The molecule has 0 aliphatic heterocycles. The zero-order valence-corrected chi connectivity index (χ0v) is 10.6. The standard InChI is InChI=1S/C10H17ClN4O/c1-4-6-7(3)12-9-13-8(11)14-10(15-9)16-5-2/h7H,4-6H2,1-3H3,(H,12,13,14,15). The first-order valence-electron chi connectivity index (χ1n) is 5.46. The van der Waals surface area contributed by atoms with Crippen LogP contribution in [0.4, 0.5) is 5.95 Å². The number of hydrogen-bond acceptors (Lipinski definition) is 5. The monoisotopic (exact) mass is 244 g/mol. The van der Waals surface area contributed by atoms with Crippen molar-refractivity contribution in [2.75, 3.05) is 11.9 Å². The summed E-state index contributed by atoms with van der Waals surface area (Å²) in [5.41, 5.74) is 0. The molecular formula is C10H17ClN4O. The van der Waals surface area contributed by atoms with Crippen molar-refractivity contribution in [2.45, 2.75) is 39.7 Å². The maximum absolute atomic E-state index is 5.76. The lowest BCUT2D eigenvalue weighted by molar-refractivity contribution is 0.312. The highest BCUT2D eigenvalue weighted by Gasteiger charge is 2.08. The lowest BCUT2D eigenvalue weighted by Crippen LogP contribution is -2.17. The highest BCUT2D eigenvalue weighted by atomic mass is 35.5. The first-order chi connectivity index (χ1) is 7.65. The van der Waals surface area contributed by atoms with E-state index in [1.807, 2.05) is 6.92 Å². The van der Waals surface area contributed by atoms with Crippen LogP contribution >= 0.6 is 11.6 Å². The van der Waals surface area contributed by atoms with Crippen molar-refractivity contribution in [1.29, 1.82) is 0 Å². The Bertz CT molecular complexity index is 335. The molecule has 0 amide bonds. The van der Waals surface area contributed by atoms with Gasteiger partial charge in [-0.1, -0.05) is 13.3 Å². The molecule has 0 radical (unpaired) electrons. The smallest absolute Gasteiger partial charge is 0.322 e. The number of ether oxygens (including phenoxy) is 1. The summed E-state index contributed by atoms with van der Waals surface area (Å²) < 4.78 is 5.18. The third-order valence-electron chi connectivity index (χ3n) is 1.96. The van der Waals surface area contributed by atoms with Crippen molar-refractivity contribution in [3.63, 3.8) is 0 Å². The fourth-order valence-electron chi connectivity index (χ4n) is 1.32. The van der Waals surface area contributed by atoms with Gasteiger partial charge in [-0.05, 0) is 31.9 Å². The molecule has 1 N–H and O–H groups in total. The lowest BCUT2D eigenvalue weighted by Gasteiger charge is -2.12. The molecule has 0 aromatic carbocycles. The van der Waals surface area contributed by atoms with Gasteiger partial charge in [-0.15, -0.1) is 0 Å². The average molecular weight is 245 g/mol. The minimum Gasteiger partial charge on any atom is -0.464 e. The van der Waals surface area contributed by atoms with Crippen molar-refractivity contribution < 1.29 is 4.74 Å². The number of nitrogens with one attached hydrogen (secondary N) is 1. The molecule has 16 heavy (non-hydrogen) atoms. The highest BCUT2D eigenvalue weighted by molar-refractivity contribution is 6.28. The van der Waals surface area contributed by atoms with Gasteiger partial charge < -0.3 is 10.1 Å². The lowest BCUT2D eigenvalue weighted by atomic mass is 10.2. The quantitative estimate of drug-likeness (QED) is 0.833. The molecule has 1 unspecified atom stereocenters. The van der Waals surface area contributed by atoms with Crippen molar-refractivity contribution in [3.8, 4) is 6.01 Å². The predicted octanol–water partition coefficient (Wildman–Crippen LogP) is 2.52. The molecule has 0 bridgehead atoms. The Hall–Kier alpha value is -1.10. The van der Waals surface area contributed by atoms with E-state index >= 15 is 0 Å². The van der Waals surface area contributed by atoms with E-state index in [1.165, 1.54) is 0 Å². The van der Waals surface area contributed by atoms with Gasteiger partial charge in [-0.3, -0.25) is 0 Å². The molecule has 6 heteroatoms. The Morgan fingerprint density at radius 2 is 2.06 bits per heavy atom. The van der Waals surface area contributed by atoms with E-state index in [4.69, 9.17) is 16.3 Å². The number of aromatic nitrogens is 3. The molecule has 1 heterocycles. The van der Waals surface area contributed by atoms with Gasteiger partial charge in [0.15, 0.2) is 0 Å². The van der Waals surface area contributed by atoms with Gasteiger partial charge in [0.05, 0.1) is 6.61 Å². The molecule has 0 fully saturated rings. The van der Waals surface area contributed by atoms with Crippen LogP contribution in [-0.4, -0.2) is 27.6 Å². The van der Waals surface area contributed by atoms with Gasteiger partial charge in [-0.2, -0.15) is 15.0 Å². The Morgan fingerprint density at radius 1 is 1.31 bits per heavy atom. The van der Waals surface area contributed by atoms with Crippen molar-refractivity contribution >= 4 is 17.5 Å². The van der Waals surface area contributed by atoms with Gasteiger partial charge in [0.25, 0.3) is 0 Å². The number of rotatable bonds is 6. The molecule has 5 nitrogen and oxygen atoms in total. The summed E-state index contributed by atoms with van der Waals surface area (Å²) >= 11 is 5.76. The van der Waals surface area contributed by atoms with Gasteiger partial charge >= 0.3 is 6.01 Å². The van der Waals surface area contributed by atoms with Crippen LogP contribution in [0.1, 0.15) is 33.6 Å². The van der Waals surface area contributed by atoms with Gasteiger partial charge in [0.2, 0.25) is 11.2 Å². The minimum absolute atomic E-state index is 0.143. The topological polar surface area (TPSA) is 59.9 Å². The first kappa shape index (κ1) is 13.0. The largest absolute Gasteiger partial charge is 0.464 e. The van der Waals surface area contributed by atoms with E-state index in [2.05, 4.69) is 34.1 Å². The van der Waals surface area contributed by atoms with Crippen molar-refractivity contribution in [2.24, 2.45) is 0 Å². The Balaban J connectivity index is 2.71. The first-order valence-corrected chi connectivity index (χ1v) is 5.84. The molecule has 0 saturated carbocycles. The average Bonchev–Trinajstić information content (AvgIpc) is 2.17. The molecular weight excluding hydrogens is 228 g/mol.